The van der Waals surface area contributed by atoms with Crippen molar-refractivity contribution in [3.63, 3.8) is 0 Å². The van der Waals surface area contributed by atoms with Crippen LogP contribution in [-0.2, 0) is 12.8 Å². The highest BCUT2D eigenvalue weighted by molar-refractivity contribution is 6.29. The van der Waals surface area contributed by atoms with E-state index >= 15 is 0 Å². The summed E-state index contributed by atoms with van der Waals surface area (Å²) < 4.78 is 178. The standard InChI is InChI=1S/C20H15F7N8O.C16H11ClFN7.C4H5F6NO/c1-10-29-5-11(6-30-10)4-13-17-28-2-3-35(17)8-14(33-13)16-31-7-12(21)15(34-16)32-9-18(36,19(22,23)24)20(25,26)27;1-9-20-5-10(6-21-9)4-12-16-19-2-3-25(16)8-13(23-12)15-22-7-11(18)14(17)24-15;5-3(6,7)2(12,1-11)4(8,9)10/h2-3,5-8,36H,4,9H2,1H3,(H,31,32,34);2-3,5-8H,4H2,1H3;12H,1,11H2. The quantitative estimate of drug-likeness (QED) is 0.0818. The zero-order valence-electron chi connectivity index (χ0n) is 36.7. The summed E-state index contributed by atoms with van der Waals surface area (Å²) >= 11 is 5.76. The monoisotopic (exact) mass is 1070 g/mol. The van der Waals surface area contributed by atoms with Gasteiger partial charge in [0.15, 0.2) is 45.5 Å². The van der Waals surface area contributed by atoms with Gasteiger partial charge in [0.2, 0.25) is 0 Å². The molecule has 8 aromatic rings. The van der Waals surface area contributed by atoms with Gasteiger partial charge in [-0.05, 0) is 25.0 Å². The van der Waals surface area contributed by atoms with Crippen molar-refractivity contribution >= 4 is 28.7 Å². The van der Waals surface area contributed by atoms with Gasteiger partial charge in [-0.15, -0.1) is 0 Å². The van der Waals surface area contributed by atoms with Crippen LogP contribution in [0.25, 0.3) is 34.3 Å². The van der Waals surface area contributed by atoms with Crippen molar-refractivity contribution in [2.75, 3.05) is 18.4 Å². The Kier molecular flexibility index (Phi) is 15.7. The van der Waals surface area contributed by atoms with Crippen LogP contribution in [0.5, 0.6) is 0 Å². The van der Waals surface area contributed by atoms with E-state index in [1.165, 1.54) is 12.4 Å². The van der Waals surface area contributed by atoms with E-state index in [0.29, 0.717) is 58.2 Å². The van der Waals surface area contributed by atoms with E-state index in [4.69, 9.17) is 16.7 Å². The molecule has 33 heteroatoms. The molecule has 0 aliphatic heterocycles. The van der Waals surface area contributed by atoms with Crippen molar-refractivity contribution in [2.24, 2.45) is 5.73 Å². The highest BCUT2D eigenvalue weighted by atomic mass is 35.5. The summed E-state index contributed by atoms with van der Waals surface area (Å²) in [6.45, 7) is -0.553. The number of alkyl halides is 12. The van der Waals surface area contributed by atoms with Gasteiger partial charge in [0, 0.05) is 81.4 Å². The average molecular weight is 1070 g/mol. The first-order valence-electron chi connectivity index (χ1n) is 20.0. The van der Waals surface area contributed by atoms with Crippen LogP contribution in [0.3, 0.4) is 0 Å². The number of rotatable bonds is 10. The SMILES string of the molecule is Cc1ncc(Cc2nc(-c3ncc(F)c(Cl)n3)cn3ccnc23)cn1.Cc1ncc(Cc2nc(-c3ncc(F)c(NCC(O)(C(F)(F)F)C(F)(F)F)n3)cn3ccnc23)cn1.NCC(O)(C(F)(F)F)C(F)(F)F. The molecular formula is C40H31ClF14N16O2. The van der Waals surface area contributed by atoms with Crippen LogP contribution in [0.1, 0.15) is 34.2 Å². The van der Waals surface area contributed by atoms with Crippen molar-refractivity contribution in [3.05, 3.63) is 125 Å². The van der Waals surface area contributed by atoms with Crippen LogP contribution >= 0.6 is 11.6 Å². The van der Waals surface area contributed by atoms with E-state index < -0.39 is 66.4 Å². The summed E-state index contributed by atoms with van der Waals surface area (Å²) in [5.41, 5.74) is -1.44. The molecule has 8 rings (SSSR count). The maximum Gasteiger partial charge on any atom is 0.428 e. The van der Waals surface area contributed by atoms with E-state index in [1.807, 2.05) is 11.3 Å². The van der Waals surface area contributed by atoms with Gasteiger partial charge in [-0.2, -0.15) is 52.7 Å². The molecule has 0 radical (unpaired) electrons. The van der Waals surface area contributed by atoms with Gasteiger partial charge >= 0.3 is 24.7 Å². The highest BCUT2D eigenvalue weighted by Gasteiger charge is 2.71. The van der Waals surface area contributed by atoms with Crippen LogP contribution in [0.4, 0.5) is 67.3 Å². The number of nitrogens with one attached hydrogen (secondary N) is 1. The maximum absolute atomic E-state index is 14.2. The normalized spacial score (nSPS) is 12.6. The molecule has 388 valence electrons. The number of hydrogen-bond donors (Lipinski definition) is 4. The van der Waals surface area contributed by atoms with Gasteiger partial charge in [-0.1, -0.05) is 11.6 Å². The van der Waals surface area contributed by atoms with Gasteiger partial charge in [0.05, 0.1) is 30.3 Å². The minimum absolute atomic E-state index is 0.0217. The fourth-order valence-corrected chi connectivity index (χ4v) is 6.03. The lowest BCUT2D eigenvalue weighted by Crippen LogP contribution is -2.61. The van der Waals surface area contributed by atoms with Crippen molar-refractivity contribution in [3.8, 4) is 23.0 Å². The number of aliphatic hydroxyl groups is 2. The largest absolute Gasteiger partial charge is 0.428 e. The molecule has 0 saturated heterocycles. The predicted molar refractivity (Wildman–Crippen MR) is 224 cm³/mol. The zero-order chi connectivity index (χ0) is 53.9. The second kappa shape index (κ2) is 21.0. The maximum atomic E-state index is 14.2. The molecule has 0 spiro atoms. The fourth-order valence-electron chi connectivity index (χ4n) is 5.90. The van der Waals surface area contributed by atoms with Crippen molar-refractivity contribution < 1.29 is 71.7 Å². The first kappa shape index (κ1) is 54.9. The third kappa shape index (κ3) is 12.3. The van der Waals surface area contributed by atoms with E-state index in [1.54, 1.807) is 66.2 Å². The van der Waals surface area contributed by atoms with Gasteiger partial charge in [0.25, 0.3) is 11.2 Å². The minimum Gasteiger partial charge on any atom is -0.373 e. The number of anilines is 1. The van der Waals surface area contributed by atoms with Crippen molar-refractivity contribution in [1.29, 1.82) is 0 Å². The van der Waals surface area contributed by atoms with Gasteiger partial charge < -0.3 is 30.1 Å². The second-order valence-corrected chi connectivity index (χ2v) is 15.4. The molecule has 0 fully saturated rings. The summed E-state index contributed by atoms with van der Waals surface area (Å²) in [5.74, 6) is -1.83. The van der Waals surface area contributed by atoms with E-state index in [0.717, 1.165) is 11.8 Å². The molecule has 73 heavy (non-hydrogen) atoms. The van der Waals surface area contributed by atoms with E-state index in [-0.39, 0.29) is 28.9 Å². The topological polar surface area (TPSA) is 242 Å². The minimum atomic E-state index is -6.09. The molecule has 0 amide bonds. The van der Waals surface area contributed by atoms with Crippen molar-refractivity contribution in [2.45, 2.75) is 62.6 Å². The van der Waals surface area contributed by atoms with E-state index in [2.05, 4.69) is 65.5 Å². The Hall–Kier alpha value is -7.45. The number of nitrogens with zero attached hydrogens (tertiary/aromatic N) is 14. The van der Waals surface area contributed by atoms with Crippen LogP contribution in [0.2, 0.25) is 5.15 Å². The third-order valence-electron chi connectivity index (χ3n) is 9.89. The Bertz CT molecular complexity index is 3160. The summed E-state index contributed by atoms with van der Waals surface area (Å²) in [6, 6.07) is 0. The number of hydrogen-bond acceptors (Lipinski definition) is 16. The molecule has 8 aromatic heterocycles. The Labute approximate surface area is 403 Å². The molecule has 0 bridgehead atoms. The van der Waals surface area contributed by atoms with Gasteiger partial charge in [-0.25, -0.2) is 68.6 Å². The van der Waals surface area contributed by atoms with Crippen molar-refractivity contribution in [1.82, 2.24) is 68.6 Å². The average Bonchev–Trinajstić information content (AvgIpc) is 4.00. The molecule has 0 aromatic carbocycles. The number of aromatic nitrogens is 14. The smallest absolute Gasteiger partial charge is 0.373 e. The summed E-state index contributed by atoms with van der Waals surface area (Å²) in [6.07, 6.45) is -5.22. The second-order valence-electron chi connectivity index (χ2n) is 15.1. The number of nitrogens with two attached hydrogens (primary N) is 1. The summed E-state index contributed by atoms with van der Waals surface area (Å²) in [7, 11) is 0. The number of halogens is 15. The molecular weight excluding hydrogens is 1040 g/mol. The third-order valence-corrected chi connectivity index (χ3v) is 10.2. The lowest BCUT2D eigenvalue weighted by molar-refractivity contribution is -0.363. The predicted octanol–water partition coefficient (Wildman–Crippen LogP) is 6.75. The number of aryl methyl sites for hydroxylation is 2. The van der Waals surface area contributed by atoms with Gasteiger partial charge in [0.1, 0.15) is 23.0 Å². The van der Waals surface area contributed by atoms with Crippen LogP contribution in [0, 0.1) is 25.5 Å². The first-order valence-corrected chi connectivity index (χ1v) is 20.4. The molecule has 0 atom stereocenters. The molecule has 8 heterocycles. The fraction of sp³-hybridized carbons (Fsp3) is 0.300. The Morgan fingerprint density at radius 1 is 0.548 bits per heavy atom. The molecule has 0 aliphatic carbocycles. The highest BCUT2D eigenvalue weighted by Crippen LogP contribution is 2.44. The lowest BCUT2D eigenvalue weighted by Gasteiger charge is -2.32. The zero-order valence-corrected chi connectivity index (χ0v) is 37.4. The number of fused-ring (bicyclic) bond motifs is 2. The summed E-state index contributed by atoms with van der Waals surface area (Å²) in [4.78, 5) is 49.5. The molecule has 18 nitrogen and oxygen atoms in total. The molecule has 0 saturated carbocycles. The van der Waals surface area contributed by atoms with Crippen LogP contribution in [-0.4, -0.2) is 128 Å². The molecule has 0 aliphatic rings. The Balaban J connectivity index is 0.000000203. The Morgan fingerprint density at radius 2 is 0.945 bits per heavy atom. The Morgan fingerprint density at radius 3 is 1.32 bits per heavy atom. The molecule has 5 N–H and O–H groups in total. The van der Waals surface area contributed by atoms with Crippen LogP contribution in [0.15, 0.2) is 74.4 Å². The lowest BCUT2D eigenvalue weighted by atomic mass is 10.0. The first-order chi connectivity index (χ1) is 33.9. The molecule has 0 unspecified atom stereocenters. The van der Waals surface area contributed by atoms with Gasteiger partial charge in [-0.3, -0.25) is 0 Å². The van der Waals surface area contributed by atoms with Crippen LogP contribution < -0.4 is 11.1 Å². The number of imidazole rings is 2. The van der Waals surface area contributed by atoms with E-state index in [9.17, 15) is 66.6 Å². The summed E-state index contributed by atoms with van der Waals surface area (Å²) in [5, 5.41) is 18.8.